The van der Waals surface area contributed by atoms with Crippen molar-refractivity contribution in [2.24, 2.45) is 5.92 Å². The van der Waals surface area contributed by atoms with Crippen molar-refractivity contribution in [3.05, 3.63) is 29.8 Å². The Morgan fingerprint density at radius 2 is 1.86 bits per heavy atom. The largest absolute Gasteiger partial charge is 0.493 e. The predicted molar refractivity (Wildman–Crippen MR) is 131 cm³/mol. The number of para-hydroxylation sites is 1. The maximum Gasteiger partial charge on any atom is 0.255 e. The number of aliphatic hydroxyl groups is 1. The highest BCUT2D eigenvalue weighted by molar-refractivity contribution is 5.97. The van der Waals surface area contributed by atoms with Gasteiger partial charge in [-0.2, -0.15) is 0 Å². The normalized spacial score (nSPS) is 33.3. The van der Waals surface area contributed by atoms with Gasteiger partial charge in [0.05, 0.1) is 30.4 Å². The molecule has 8 heteroatoms. The molecule has 1 saturated carbocycles. The highest BCUT2D eigenvalue weighted by Gasteiger charge is 2.39. The average Bonchev–Trinajstić information content (AvgIpc) is 3.26. The third-order valence-corrected chi connectivity index (χ3v) is 8.15. The van der Waals surface area contributed by atoms with Gasteiger partial charge in [0.2, 0.25) is 5.91 Å². The van der Waals surface area contributed by atoms with Gasteiger partial charge in [-0.15, -0.1) is 0 Å². The molecule has 3 fully saturated rings. The zero-order valence-electron chi connectivity index (χ0n) is 20.5. The number of aliphatic hydroxyl groups excluding tert-OH is 1. The molecule has 0 radical (unpaired) electrons. The van der Waals surface area contributed by atoms with Crippen molar-refractivity contribution in [2.75, 3.05) is 26.2 Å². The van der Waals surface area contributed by atoms with Crippen LogP contribution in [0.3, 0.4) is 0 Å². The molecule has 4 aliphatic rings. The van der Waals surface area contributed by atoms with Gasteiger partial charge in [-0.05, 0) is 50.2 Å². The molecule has 5 atom stereocenters. The summed E-state index contributed by atoms with van der Waals surface area (Å²) in [5.41, 5.74) is 0.518. The summed E-state index contributed by atoms with van der Waals surface area (Å²) >= 11 is 0. The molecule has 5 rings (SSSR count). The van der Waals surface area contributed by atoms with Crippen LogP contribution >= 0.6 is 0 Å². The second kappa shape index (κ2) is 11.3. The van der Waals surface area contributed by atoms with Crippen LogP contribution in [0.2, 0.25) is 0 Å². The summed E-state index contributed by atoms with van der Waals surface area (Å²) in [6, 6.07) is 6.93. The highest BCUT2D eigenvalue weighted by atomic mass is 16.5. The topological polar surface area (TPSA) is 100 Å². The van der Waals surface area contributed by atoms with E-state index in [1.165, 1.54) is 32.1 Å². The smallest absolute Gasteiger partial charge is 0.255 e. The number of rotatable bonds is 2. The number of hydrogen-bond donors (Lipinski definition) is 3. The Labute approximate surface area is 207 Å². The van der Waals surface area contributed by atoms with Gasteiger partial charge in [0, 0.05) is 32.1 Å². The number of benzene rings is 1. The lowest BCUT2D eigenvalue weighted by Gasteiger charge is -2.35. The monoisotopic (exact) mass is 485 g/mol. The number of hydrogen-bond acceptors (Lipinski definition) is 6. The van der Waals surface area contributed by atoms with Crippen LogP contribution in [0.5, 0.6) is 5.75 Å². The van der Waals surface area contributed by atoms with Gasteiger partial charge in [0.25, 0.3) is 5.91 Å². The molecule has 35 heavy (non-hydrogen) atoms. The molecule has 4 bridgehead atoms. The van der Waals surface area contributed by atoms with Crippen molar-refractivity contribution in [3.8, 4) is 5.75 Å². The molecule has 0 aromatic heterocycles. The molecule has 8 nitrogen and oxygen atoms in total. The average molecular weight is 486 g/mol. The number of nitrogens with zero attached hydrogens (tertiary/aromatic N) is 1. The first-order valence-corrected chi connectivity index (χ1v) is 13.4. The molecule has 3 aliphatic heterocycles. The Bertz CT molecular complexity index is 889. The first kappa shape index (κ1) is 24.5. The molecular formula is C27H39N3O5. The Balaban J connectivity index is 1.36. The summed E-state index contributed by atoms with van der Waals surface area (Å²) in [7, 11) is 0. The van der Waals surface area contributed by atoms with E-state index in [0.29, 0.717) is 56.2 Å². The van der Waals surface area contributed by atoms with Crippen LogP contribution in [-0.2, 0) is 9.53 Å². The first-order valence-electron chi connectivity index (χ1n) is 13.4. The van der Waals surface area contributed by atoms with Gasteiger partial charge >= 0.3 is 0 Å². The van der Waals surface area contributed by atoms with Crippen LogP contribution < -0.4 is 15.4 Å². The fourth-order valence-corrected chi connectivity index (χ4v) is 6.19. The van der Waals surface area contributed by atoms with Crippen LogP contribution in [0.4, 0.5) is 0 Å². The molecule has 192 valence electrons. The van der Waals surface area contributed by atoms with Gasteiger partial charge in [-0.1, -0.05) is 31.4 Å². The van der Waals surface area contributed by atoms with Gasteiger partial charge in [-0.3, -0.25) is 14.5 Å². The highest BCUT2D eigenvalue weighted by Crippen LogP contribution is 2.29. The predicted octanol–water partition coefficient (Wildman–Crippen LogP) is 2.25. The van der Waals surface area contributed by atoms with Crippen molar-refractivity contribution < 1.29 is 24.2 Å². The minimum absolute atomic E-state index is 0.0358. The standard InChI is InChI=1S/C27H39N3O5/c31-23-11-10-20-12-13-34-24-9-5-4-8-21(24)26(32)29-19-14-22(27(33)28-15-25(23)35-20)30(17-19)16-18-6-2-1-3-7-18/h4-5,8-9,18-20,22-23,25,31H,1-3,6-7,10-17H2,(H,28,33)(H,29,32)/t19-,20-,22-,23-,25+/m0/s1. The lowest BCUT2D eigenvalue weighted by atomic mass is 9.89. The van der Waals surface area contributed by atoms with Gasteiger partial charge < -0.3 is 25.2 Å². The van der Waals surface area contributed by atoms with Crippen LogP contribution in [-0.4, -0.2) is 78.5 Å². The van der Waals surface area contributed by atoms with Crippen LogP contribution in [0.1, 0.15) is 68.1 Å². The minimum Gasteiger partial charge on any atom is -0.493 e. The zero-order chi connectivity index (χ0) is 24.2. The fraction of sp³-hybridized carbons (Fsp3) is 0.704. The quantitative estimate of drug-likeness (QED) is 0.594. The van der Waals surface area contributed by atoms with Gasteiger partial charge in [0.1, 0.15) is 11.9 Å². The van der Waals surface area contributed by atoms with Gasteiger partial charge in [-0.25, -0.2) is 0 Å². The summed E-state index contributed by atoms with van der Waals surface area (Å²) in [6.45, 7) is 2.26. The van der Waals surface area contributed by atoms with Crippen molar-refractivity contribution in [2.45, 2.75) is 88.2 Å². The number of nitrogens with one attached hydrogen (secondary N) is 2. The summed E-state index contributed by atoms with van der Waals surface area (Å²) in [6.07, 6.45) is 7.79. The number of likely N-dealkylation sites (tertiary alicyclic amines) is 1. The number of fused-ring (bicyclic) bond motifs is 5. The Morgan fingerprint density at radius 3 is 2.71 bits per heavy atom. The van der Waals surface area contributed by atoms with E-state index in [9.17, 15) is 14.7 Å². The van der Waals surface area contributed by atoms with E-state index in [-0.39, 0.29) is 30.0 Å². The number of carbonyl (C=O) groups is 2. The molecule has 1 aromatic carbocycles. The van der Waals surface area contributed by atoms with Crippen LogP contribution in [0.15, 0.2) is 24.3 Å². The van der Waals surface area contributed by atoms with Crippen molar-refractivity contribution in [1.29, 1.82) is 0 Å². The summed E-state index contributed by atoms with van der Waals surface area (Å²) in [4.78, 5) is 28.8. The van der Waals surface area contributed by atoms with E-state index in [1.54, 1.807) is 6.07 Å². The number of carbonyl (C=O) groups excluding carboxylic acids is 2. The minimum atomic E-state index is -0.582. The van der Waals surface area contributed by atoms with E-state index >= 15 is 0 Å². The second-order valence-corrected chi connectivity index (χ2v) is 10.7. The number of ether oxygens (including phenoxy) is 2. The first-order chi connectivity index (χ1) is 17.1. The summed E-state index contributed by atoms with van der Waals surface area (Å²) in [5, 5.41) is 16.7. The van der Waals surface area contributed by atoms with E-state index in [4.69, 9.17) is 9.47 Å². The van der Waals surface area contributed by atoms with Crippen molar-refractivity contribution in [3.63, 3.8) is 0 Å². The van der Waals surface area contributed by atoms with Crippen LogP contribution in [0, 0.1) is 5.92 Å². The molecule has 0 spiro atoms. The molecule has 1 aliphatic carbocycles. The maximum atomic E-state index is 13.3. The molecule has 3 heterocycles. The van der Waals surface area contributed by atoms with Crippen LogP contribution in [0.25, 0.3) is 0 Å². The third-order valence-electron chi connectivity index (χ3n) is 8.15. The SMILES string of the molecule is O=C1N[C@H]2C[C@@H](C(=O)NC[C@H]3O[C@H](CCOc4ccccc41)CC[C@@H]3O)N(CC1CCCCC1)C2. The maximum absolute atomic E-state index is 13.3. The molecule has 1 aromatic rings. The molecular weight excluding hydrogens is 446 g/mol. The molecule has 2 amide bonds. The van der Waals surface area contributed by atoms with Gasteiger partial charge in [0.15, 0.2) is 0 Å². The van der Waals surface area contributed by atoms with E-state index in [2.05, 4.69) is 15.5 Å². The summed E-state index contributed by atoms with van der Waals surface area (Å²) < 4.78 is 12.2. The lowest BCUT2D eigenvalue weighted by molar-refractivity contribution is -0.133. The third kappa shape index (κ3) is 5.98. The number of amides is 2. The molecule has 3 N–H and O–H groups in total. The van der Waals surface area contributed by atoms with Crippen molar-refractivity contribution >= 4 is 11.8 Å². The van der Waals surface area contributed by atoms with E-state index in [1.807, 2.05) is 18.2 Å². The van der Waals surface area contributed by atoms with E-state index < -0.39 is 12.2 Å². The second-order valence-electron chi connectivity index (χ2n) is 10.7. The molecule has 0 unspecified atom stereocenters. The zero-order valence-corrected chi connectivity index (χ0v) is 20.5. The Kier molecular flexibility index (Phi) is 7.90. The Morgan fingerprint density at radius 1 is 1.03 bits per heavy atom. The van der Waals surface area contributed by atoms with E-state index in [0.717, 1.165) is 13.0 Å². The molecule has 2 saturated heterocycles. The Hall–Kier alpha value is -2.16. The fourth-order valence-electron chi connectivity index (χ4n) is 6.19. The summed E-state index contributed by atoms with van der Waals surface area (Å²) in [5.74, 6) is 0.969. The lowest BCUT2D eigenvalue weighted by Crippen LogP contribution is -2.50. The van der Waals surface area contributed by atoms with Crippen molar-refractivity contribution in [1.82, 2.24) is 15.5 Å².